The quantitative estimate of drug-likeness (QED) is 0.890. The molecule has 5 nitrogen and oxygen atoms in total. The Morgan fingerprint density at radius 3 is 2.68 bits per heavy atom. The Bertz CT molecular complexity index is 522. The van der Waals surface area contributed by atoms with Crippen molar-refractivity contribution >= 4 is 5.95 Å². The number of hydrogen-bond donors (Lipinski definition) is 1. The fourth-order valence-corrected chi connectivity index (χ4v) is 2.28. The van der Waals surface area contributed by atoms with Gasteiger partial charge in [0.2, 0.25) is 0 Å². The molecule has 0 spiro atoms. The minimum absolute atomic E-state index is 0.103. The molecule has 100 valence electrons. The maximum Gasteiger partial charge on any atom is 0.266 e. The summed E-state index contributed by atoms with van der Waals surface area (Å²) in [5.41, 5.74) is 0.916. The third kappa shape index (κ3) is 2.46. The normalized spacial score (nSPS) is 15.2. The number of aliphatic hydroxyl groups is 1. The molecular weight excluding hydrogens is 242 g/mol. The van der Waals surface area contributed by atoms with Gasteiger partial charge in [0.15, 0.2) is 0 Å². The Balaban J connectivity index is 1.82. The van der Waals surface area contributed by atoms with E-state index in [4.69, 9.17) is 9.63 Å². The number of rotatable bonds is 5. The fraction of sp³-hybridized carbons (Fsp3) is 0.429. The standard InChI is InChI=1S/C14H17N3O2/c18-10-9-17(12-7-4-8-12)14-15-13(19-16-14)11-5-2-1-3-6-11/h1-3,5-6,12,18H,4,7-10H2. The number of nitrogens with zero attached hydrogens (tertiary/aromatic N) is 3. The van der Waals surface area contributed by atoms with Crippen LogP contribution in [0.3, 0.4) is 0 Å². The van der Waals surface area contributed by atoms with Crippen LogP contribution in [0, 0.1) is 0 Å². The number of aliphatic hydroxyl groups excluding tert-OH is 1. The number of aromatic nitrogens is 2. The second-order valence-electron chi connectivity index (χ2n) is 4.77. The molecule has 5 heteroatoms. The molecule has 0 saturated heterocycles. The highest BCUT2D eigenvalue weighted by Gasteiger charge is 2.28. The summed E-state index contributed by atoms with van der Waals surface area (Å²) in [5.74, 6) is 1.11. The summed E-state index contributed by atoms with van der Waals surface area (Å²) in [7, 11) is 0. The van der Waals surface area contributed by atoms with Gasteiger partial charge in [-0.2, -0.15) is 4.98 Å². The van der Waals surface area contributed by atoms with Crippen LogP contribution >= 0.6 is 0 Å². The van der Waals surface area contributed by atoms with Gasteiger partial charge in [0.05, 0.1) is 6.61 Å². The van der Waals surface area contributed by atoms with E-state index < -0.39 is 0 Å². The molecule has 0 unspecified atom stereocenters. The molecule has 19 heavy (non-hydrogen) atoms. The van der Waals surface area contributed by atoms with Crippen molar-refractivity contribution in [3.05, 3.63) is 30.3 Å². The van der Waals surface area contributed by atoms with Crippen LogP contribution in [0.2, 0.25) is 0 Å². The first-order chi connectivity index (χ1) is 9.38. The molecule has 0 bridgehead atoms. The second-order valence-corrected chi connectivity index (χ2v) is 4.77. The van der Waals surface area contributed by atoms with Crippen LogP contribution in [0.25, 0.3) is 11.5 Å². The molecule has 1 N–H and O–H groups in total. The molecule has 1 saturated carbocycles. The Kier molecular flexibility index (Phi) is 3.46. The Hall–Kier alpha value is -1.88. The van der Waals surface area contributed by atoms with Gasteiger partial charge in [-0.15, -0.1) is 0 Å². The predicted molar refractivity (Wildman–Crippen MR) is 71.8 cm³/mol. The van der Waals surface area contributed by atoms with Crippen LogP contribution in [0.4, 0.5) is 5.95 Å². The summed E-state index contributed by atoms with van der Waals surface area (Å²) in [6.07, 6.45) is 3.50. The van der Waals surface area contributed by atoms with Gasteiger partial charge < -0.3 is 14.5 Å². The lowest BCUT2D eigenvalue weighted by Gasteiger charge is -2.36. The van der Waals surface area contributed by atoms with E-state index in [1.807, 2.05) is 35.2 Å². The lowest BCUT2D eigenvalue weighted by Crippen LogP contribution is -2.42. The fourth-order valence-electron chi connectivity index (χ4n) is 2.28. The van der Waals surface area contributed by atoms with E-state index in [0.29, 0.717) is 24.4 Å². The smallest absolute Gasteiger partial charge is 0.266 e. The first kappa shape index (κ1) is 12.2. The van der Waals surface area contributed by atoms with Crippen LogP contribution in [0.5, 0.6) is 0 Å². The van der Waals surface area contributed by atoms with Crippen molar-refractivity contribution in [1.29, 1.82) is 0 Å². The third-order valence-corrected chi connectivity index (χ3v) is 3.55. The molecule has 1 fully saturated rings. The van der Waals surface area contributed by atoms with Crippen molar-refractivity contribution in [1.82, 2.24) is 10.1 Å². The molecule has 0 amide bonds. The highest BCUT2D eigenvalue weighted by atomic mass is 16.5. The average molecular weight is 259 g/mol. The molecule has 0 radical (unpaired) electrons. The van der Waals surface area contributed by atoms with Gasteiger partial charge in [0, 0.05) is 18.2 Å². The van der Waals surface area contributed by atoms with Gasteiger partial charge in [0.1, 0.15) is 0 Å². The van der Waals surface area contributed by atoms with Crippen molar-refractivity contribution in [3.8, 4) is 11.5 Å². The lowest BCUT2D eigenvalue weighted by atomic mass is 9.92. The van der Waals surface area contributed by atoms with Gasteiger partial charge >= 0.3 is 0 Å². The molecule has 1 aromatic heterocycles. The van der Waals surface area contributed by atoms with Gasteiger partial charge in [-0.1, -0.05) is 18.2 Å². The van der Waals surface area contributed by atoms with Gasteiger partial charge in [-0.05, 0) is 36.6 Å². The lowest BCUT2D eigenvalue weighted by molar-refractivity contribution is 0.281. The summed E-state index contributed by atoms with van der Waals surface area (Å²) < 4.78 is 5.31. The molecule has 1 aromatic carbocycles. The largest absolute Gasteiger partial charge is 0.395 e. The highest BCUT2D eigenvalue weighted by Crippen LogP contribution is 2.29. The van der Waals surface area contributed by atoms with Crippen molar-refractivity contribution in [3.63, 3.8) is 0 Å². The molecule has 2 aromatic rings. The average Bonchev–Trinajstić information content (AvgIpc) is 2.86. The van der Waals surface area contributed by atoms with Gasteiger partial charge in [0.25, 0.3) is 11.8 Å². The maximum atomic E-state index is 9.16. The zero-order valence-electron chi connectivity index (χ0n) is 10.7. The van der Waals surface area contributed by atoms with E-state index in [2.05, 4.69) is 10.1 Å². The van der Waals surface area contributed by atoms with Gasteiger partial charge in [-0.25, -0.2) is 0 Å². The monoisotopic (exact) mass is 259 g/mol. The number of hydrogen-bond acceptors (Lipinski definition) is 5. The van der Waals surface area contributed by atoms with Crippen LogP contribution in [-0.4, -0.2) is 34.4 Å². The molecule has 3 rings (SSSR count). The Morgan fingerprint density at radius 2 is 2.05 bits per heavy atom. The minimum Gasteiger partial charge on any atom is -0.395 e. The SMILES string of the molecule is OCCN(c1noc(-c2ccccc2)n1)C1CCC1. The predicted octanol–water partition coefficient (Wildman–Crippen LogP) is 2.09. The van der Waals surface area contributed by atoms with E-state index in [1.54, 1.807) is 0 Å². The summed E-state index contributed by atoms with van der Waals surface area (Å²) in [4.78, 5) is 6.48. The summed E-state index contributed by atoms with van der Waals surface area (Å²) >= 11 is 0. The Labute approximate surface area is 111 Å². The molecule has 1 aliphatic carbocycles. The van der Waals surface area contributed by atoms with Crippen molar-refractivity contribution in [2.24, 2.45) is 0 Å². The van der Waals surface area contributed by atoms with Crippen LogP contribution < -0.4 is 4.90 Å². The molecule has 0 atom stereocenters. The van der Waals surface area contributed by atoms with Gasteiger partial charge in [-0.3, -0.25) is 0 Å². The van der Waals surface area contributed by atoms with Crippen LogP contribution in [0.1, 0.15) is 19.3 Å². The minimum atomic E-state index is 0.103. The highest BCUT2D eigenvalue weighted by molar-refractivity contribution is 5.54. The Morgan fingerprint density at radius 1 is 1.26 bits per heavy atom. The van der Waals surface area contributed by atoms with Crippen molar-refractivity contribution in [2.45, 2.75) is 25.3 Å². The zero-order chi connectivity index (χ0) is 13.1. The second kappa shape index (κ2) is 5.40. The molecular formula is C14H17N3O2. The molecule has 1 heterocycles. The van der Waals surface area contributed by atoms with E-state index in [9.17, 15) is 0 Å². The molecule has 0 aliphatic heterocycles. The first-order valence-electron chi connectivity index (χ1n) is 6.65. The van der Waals surface area contributed by atoms with Crippen LogP contribution in [-0.2, 0) is 0 Å². The first-order valence-corrected chi connectivity index (χ1v) is 6.65. The van der Waals surface area contributed by atoms with E-state index in [-0.39, 0.29) is 6.61 Å². The van der Waals surface area contributed by atoms with E-state index >= 15 is 0 Å². The topological polar surface area (TPSA) is 62.4 Å². The summed E-state index contributed by atoms with van der Waals surface area (Å²) in [6.45, 7) is 0.657. The van der Waals surface area contributed by atoms with Crippen molar-refractivity contribution < 1.29 is 9.63 Å². The zero-order valence-corrected chi connectivity index (χ0v) is 10.7. The van der Waals surface area contributed by atoms with Crippen LogP contribution in [0.15, 0.2) is 34.9 Å². The third-order valence-electron chi connectivity index (χ3n) is 3.55. The maximum absolute atomic E-state index is 9.16. The van der Waals surface area contributed by atoms with Crippen molar-refractivity contribution in [2.75, 3.05) is 18.1 Å². The summed E-state index contributed by atoms with van der Waals surface area (Å²) in [5, 5.41) is 13.2. The molecule has 1 aliphatic rings. The van der Waals surface area contributed by atoms with E-state index in [0.717, 1.165) is 18.4 Å². The van der Waals surface area contributed by atoms with E-state index in [1.165, 1.54) is 6.42 Å². The number of benzene rings is 1. The summed E-state index contributed by atoms with van der Waals surface area (Å²) in [6, 6.07) is 10.2. The number of anilines is 1.